The fourth-order valence-electron chi connectivity index (χ4n) is 5.29. The number of fused-ring (bicyclic) bond motifs is 4. The number of halogens is 5. The van der Waals surface area contributed by atoms with Crippen LogP contribution in [0.4, 0.5) is 27.6 Å². The van der Waals surface area contributed by atoms with Gasteiger partial charge in [0.2, 0.25) is 5.91 Å². The Kier molecular flexibility index (Phi) is 7.72. The topological polar surface area (TPSA) is 125 Å². The van der Waals surface area contributed by atoms with E-state index in [9.17, 15) is 31.5 Å². The average molecular weight is 626 g/mol. The molecule has 0 spiro atoms. The van der Waals surface area contributed by atoms with Crippen LogP contribution in [-0.2, 0) is 11.0 Å². The van der Waals surface area contributed by atoms with E-state index in [4.69, 9.17) is 0 Å². The fourth-order valence-corrected chi connectivity index (χ4v) is 5.29. The zero-order chi connectivity index (χ0) is 31.9. The molecule has 5 heterocycles. The minimum atomic E-state index is -4.69. The largest absolute Gasteiger partial charge is 0.436 e. The summed E-state index contributed by atoms with van der Waals surface area (Å²) in [5.41, 5.74) is -0.0853. The second-order valence-corrected chi connectivity index (χ2v) is 10.5. The van der Waals surface area contributed by atoms with Crippen LogP contribution in [0.25, 0.3) is 28.2 Å². The van der Waals surface area contributed by atoms with Crippen molar-refractivity contribution in [3.63, 3.8) is 0 Å². The Morgan fingerprint density at radius 2 is 1.84 bits per heavy atom. The minimum absolute atomic E-state index is 0.00672. The van der Waals surface area contributed by atoms with Gasteiger partial charge in [-0.25, -0.2) is 14.3 Å². The van der Waals surface area contributed by atoms with Crippen molar-refractivity contribution in [2.24, 2.45) is 5.92 Å². The first-order valence-corrected chi connectivity index (χ1v) is 13.8. The Morgan fingerprint density at radius 3 is 2.58 bits per heavy atom. The van der Waals surface area contributed by atoms with Crippen LogP contribution in [0, 0.1) is 5.92 Å². The Labute approximate surface area is 251 Å². The van der Waals surface area contributed by atoms with E-state index in [0.29, 0.717) is 40.8 Å². The van der Waals surface area contributed by atoms with Gasteiger partial charge >= 0.3 is 12.7 Å². The van der Waals surface area contributed by atoms with Crippen molar-refractivity contribution in [3.05, 3.63) is 89.1 Å². The summed E-state index contributed by atoms with van der Waals surface area (Å²) >= 11 is 0. The average Bonchev–Trinajstić information content (AvgIpc) is 3.68. The number of nitrogens with one attached hydrogen (secondary N) is 1. The summed E-state index contributed by atoms with van der Waals surface area (Å²) < 4.78 is 70.1. The van der Waals surface area contributed by atoms with Gasteiger partial charge in [0.05, 0.1) is 53.2 Å². The van der Waals surface area contributed by atoms with E-state index in [2.05, 4.69) is 30.7 Å². The van der Waals surface area contributed by atoms with E-state index < -0.39 is 35.9 Å². The third-order valence-corrected chi connectivity index (χ3v) is 7.58. The smallest absolute Gasteiger partial charge is 0.323 e. The number of hydrogen-bond acceptors (Lipinski definition) is 7. The highest BCUT2D eigenvalue weighted by molar-refractivity contribution is 5.95. The van der Waals surface area contributed by atoms with E-state index >= 15 is 0 Å². The number of amides is 1. The molecule has 4 aromatic heterocycles. The number of para-hydroxylation sites is 1. The van der Waals surface area contributed by atoms with Crippen molar-refractivity contribution in [2.75, 3.05) is 5.32 Å². The number of carbonyl (C=O) groups is 1. The summed E-state index contributed by atoms with van der Waals surface area (Å²) in [6, 6.07) is 10.0. The number of alkyl halides is 5. The summed E-state index contributed by atoms with van der Waals surface area (Å²) in [6.45, 7) is -1.26. The van der Waals surface area contributed by atoms with E-state index in [1.54, 1.807) is 31.2 Å². The molecule has 2 bridgehead atoms. The highest BCUT2D eigenvalue weighted by Crippen LogP contribution is 2.35. The summed E-state index contributed by atoms with van der Waals surface area (Å²) in [6.07, 6.45) is 1.29. The molecule has 0 aliphatic carbocycles. The van der Waals surface area contributed by atoms with E-state index in [-0.39, 0.29) is 28.7 Å². The normalized spacial score (nSPS) is 17.4. The van der Waals surface area contributed by atoms with Crippen molar-refractivity contribution in [1.29, 1.82) is 0 Å². The van der Waals surface area contributed by atoms with Gasteiger partial charge < -0.3 is 5.32 Å². The van der Waals surface area contributed by atoms with E-state index in [1.165, 1.54) is 41.5 Å². The summed E-state index contributed by atoms with van der Waals surface area (Å²) in [5.74, 6) is -0.824. The van der Waals surface area contributed by atoms with Crippen LogP contribution in [0.1, 0.15) is 50.2 Å². The maximum atomic E-state index is 13.9. The molecule has 2 unspecified atom stereocenters. The number of rotatable bonds is 4. The van der Waals surface area contributed by atoms with Crippen LogP contribution in [0.15, 0.2) is 72.2 Å². The van der Waals surface area contributed by atoms with Crippen molar-refractivity contribution < 1.29 is 26.7 Å². The van der Waals surface area contributed by atoms with Gasteiger partial charge in [-0.3, -0.25) is 19.1 Å². The monoisotopic (exact) mass is 625 g/mol. The van der Waals surface area contributed by atoms with Crippen LogP contribution < -0.4 is 10.9 Å². The molecule has 1 N–H and O–H groups in total. The predicted octanol–water partition coefficient (Wildman–Crippen LogP) is 5.51. The van der Waals surface area contributed by atoms with Crippen LogP contribution in [0.3, 0.4) is 0 Å². The molecule has 1 amide bonds. The molecule has 45 heavy (non-hydrogen) atoms. The van der Waals surface area contributed by atoms with Gasteiger partial charge in [0, 0.05) is 29.3 Å². The molecule has 1 aliphatic rings. The number of pyridine rings is 1. The Balaban J connectivity index is 1.42. The fraction of sp³-hybridized carbons (Fsp3) is 0.276. The second-order valence-electron chi connectivity index (χ2n) is 10.5. The van der Waals surface area contributed by atoms with Gasteiger partial charge in [-0.05, 0) is 31.0 Å². The maximum Gasteiger partial charge on any atom is 0.436 e. The summed E-state index contributed by atoms with van der Waals surface area (Å²) in [4.78, 5) is 35.4. The van der Waals surface area contributed by atoms with Crippen LogP contribution in [0.5, 0.6) is 0 Å². The second kappa shape index (κ2) is 11.7. The van der Waals surface area contributed by atoms with Crippen molar-refractivity contribution in [1.82, 2.24) is 39.3 Å². The molecule has 6 rings (SSSR count). The van der Waals surface area contributed by atoms with E-state index in [1.807, 2.05) is 0 Å². The lowest BCUT2D eigenvalue weighted by Crippen LogP contribution is -2.27. The lowest BCUT2D eigenvalue weighted by atomic mass is 9.97. The zero-order valence-corrected chi connectivity index (χ0v) is 23.5. The highest BCUT2D eigenvalue weighted by atomic mass is 19.4. The lowest BCUT2D eigenvalue weighted by Gasteiger charge is -2.22. The number of hydrogen-bond donors (Lipinski definition) is 1. The first-order chi connectivity index (χ1) is 21.5. The number of benzene rings is 1. The minimum Gasteiger partial charge on any atom is -0.323 e. The number of anilines is 1. The quantitative estimate of drug-likeness (QED) is 0.261. The molecule has 1 aromatic carbocycles. The van der Waals surface area contributed by atoms with Crippen LogP contribution in [0.2, 0.25) is 0 Å². The van der Waals surface area contributed by atoms with Gasteiger partial charge in [0.1, 0.15) is 0 Å². The molecule has 0 fully saturated rings. The van der Waals surface area contributed by atoms with Gasteiger partial charge in [0.15, 0.2) is 5.69 Å². The molecule has 0 saturated carbocycles. The lowest BCUT2D eigenvalue weighted by molar-refractivity contribution is -0.141. The van der Waals surface area contributed by atoms with Gasteiger partial charge in [0.25, 0.3) is 5.56 Å². The van der Waals surface area contributed by atoms with Crippen LogP contribution >= 0.6 is 0 Å². The zero-order valence-electron chi connectivity index (χ0n) is 23.5. The Bertz CT molecular complexity index is 1930. The van der Waals surface area contributed by atoms with Crippen molar-refractivity contribution >= 4 is 11.6 Å². The van der Waals surface area contributed by atoms with Crippen molar-refractivity contribution in [3.8, 4) is 28.2 Å². The molecule has 1 aliphatic heterocycles. The summed E-state index contributed by atoms with van der Waals surface area (Å²) in [5, 5.41) is 13.3. The van der Waals surface area contributed by atoms with Gasteiger partial charge in [-0.1, -0.05) is 36.8 Å². The SMILES string of the molecule is CC1CCCC(n2cnc(-c3ccccc3-n3cc(C(F)(F)F)nn3)cc2=O)c2cc(ccn2)-c2c(cnn2C(F)F)NC1=O. The summed E-state index contributed by atoms with van der Waals surface area (Å²) in [7, 11) is 0. The standard InChI is InChI=1S/C29H24F5N9O2/c1-16-5-4-8-23(20-11-17(9-10-35-20)26-21(38-27(16)45)13-37-43(26)28(30)31)41-15-36-19(12-25(41)44)18-6-2-3-7-22(18)42-14-24(39-40-42)29(32,33)34/h2-3,6-7,9-16,23,28H,4-5,8H2,1H3,(H,38,45). The van der Waals surface area contributed by atoms with Crippen molar-refractivity contribution in [2.45, 2.75) is 45.0 Å². The molecular formula is C29H24F5N9O2. The molecule has 2 atom stereocenters. The number of nitrogens with zero attached hydrogens (tertiary/aromatic N) is 8. The van der Waals surface area contributed by atoms with E-state index in [0.717, 1.165) is 10.9 Å². The molecule has 11 nitrogen and oxygen atoms in total. The van der Waals surface area contributed by atoms with Crippen LogP contribution in [-0.4, -0.2) is 45.2 Å². The predicted molar refractivity (Wildman–Crippen MR) is 150 cm³/mol. The molecule has 0 saturated heterocycles. The number of carbonyl (C=O) groups excluding carboxylic acids is 1. The molecular weight excluding hydrogens is 601 g/mol. The molecule has 0 radical (unpaired) electrons. The molecule has 5 aromatic rings. The van der Waals surface area contributed by atoms with Gasteiger partial charge in [-0.2, -0.15) is 27.1 Å². The third-order valence-electron chi connectivity index (χ3n) is 7.58. The third kappa shape index (κ3) is 5.82. The first-order valence-electron chi connectivity index (χ1n) is 13.8. The first kappa shape index (κ1) is 29.8. The van der Waals surface area contributed by atoms with Gasteiger partial charge in [-0.15, -0.1) is 5.10 Å². The molecule has 16 heteroatoms. The Morgan fingerprint density at radius 1 is 1.04 bits per heavy atom. The number of aromatic nitrogens is 8. The maximum absolute atomic E-state index is 13.9. The highest BCUT2D eigenvalue weighted by Gasteiger charge is 2.35. The molecule has 232 valence electrons. The Hall–Kier alpha value is -5.28.